The first-order chi connectivity index (χ1) is 11.3. The minimum atomic E-state index is 0. The standard InChI is InChI=1S/C4H8N2S4.2C3H6NS3.Zn/c7-3(8)5-1-2-6-4(9)10;2*1-6-4(3-5)7-2;/h1-2H2,(H2,5,7,8)(H2,6,9,10);2*1-2H3;/q;2*-1;+2. The van der Waals surface area contributed by atoms with Gasteiger partial charge in [-0.15, -0.1) is 25.3 Å². The van der Waals surface area contributed by atoms with E-state index in [4.69, 9.17) is 0 Å². The van der Waals surface area contributed by atoms with Crippen molar-refractivity contribution in [2.75, 3.05) is 38.1 Å². The smallest absolute Gasteiger partial charge is 0.436 e. The van der Waals surface area contributed by atoms with Gasteiger partial charge < -0.3 is 42.5 Å². The van der Waals surface area contributed by atoms with Crippen LogP contribution in [-0.4, -0.2) is 65.2 Å². The monoisotopic (exact) mass is 580 g/mol. The predicted octanol–water partition coefficient (Wildman–Crippen LogP) is 3.95. The van der Waals surface area contributed by atoms with Crippen LogP contribution in [0.25, 0.3) is 0 Å². The largest absolute Gasteiger partial charge is 2.00 e. The summed E-state index contributed by atoms with van der Waals surface area (Å²) < 4.78 is 4.53. The van der Waals surface area contributed by atoms with Crippen molar-refractivity contribution < 1.29 is 19.5 Å². The normalized spacial score (nSPS) is 8.08. The van der Waals surface area contributed by atoms with E-state index in [-0.39, 0.29) is 19.5 Å². The molecule has 2 N–H and O–H groups in total. The van der Waals surface area contributed by atoms with Crippen molar-refractivity contribution in [2.24, 2.45) is 0 Å². The van der Waals surface area contributed by atoms with Crippen LogP contribution in [0, 0.1) is 0 Å². The molecule has 0 aromatic heterocycles. The van der Waals surface area contributed by atoms with E-state index in [1.165, 1.54) is 0 Å². The van der Waals surface area contributed by atoms with Crippen molar-refractivity contribution in [2.45, 2.75) is 0 Å². The molecule has 0 rings (SSSR count). The van der Waals surface area contributed by atoms with Crippen molar-refractivity contribution in [3.8, 4) is 0 Å². The Kier molecular flexibility index (Phi) is 39.6. The van der Waals surface area contributed by atoms with Crippen LogP contribution in [0.1, 0.15) is 0 Å². The summed E-state index contributed by atoms with van der Waals surface area (Å²) >= 11 is 32.2. The molecule has 0 aliphatic rings. The van der Waals surface area contributed by atoms with Crippen LogP contribution in [0.5, 0.6) is 0 Å². The van der Waals surface area contributed by atoms with Gasteiger partial charge in [-0.25, -0.2) is 0 Å². The van der Waals surface area contributed by atoms with Gasteiger partial charge in [0.15, 0.2) is 0 Å². The van der Waals surface area contributed by atoms with Crippen LogP contribution in [0.2, 0.25) is 0 Å². The van der Waals surface area contributed by atoms with Crippen LogP contribution in [-0.2, 0) is 19.5 Å². The molecule has 0 unspecified atom stereocenters. The Bertz CT molecular complexity index is 310. The SMILES string of the molecule is CSN([C-]=S)SC.CSN([C-]=S)SC.S=C(S)NCCNC(=S)S.[Zn+2]. The number of rotatable bonds is 9. The topological polar surface area (TPSA) is 30.5 Å². The van der Waals surface area contributed by atoms with Crippen molar-refractivity contribution in [3.05, 3.63) is 0 Å². The molecule has 15 heteroatoms. The van der Waals surface area contributed by atoms with Crippen LogP contribution in [0.15, 0.2) is 0 Å². The Morgan fingerprint density at radius 3 is 1.12 bits per heavy atom. The van der Waals surface area contributed by atoms with E-state index in [1.54, 1.807) is 55.2 Å². The van der Waals surface area contributed by atoms with E-state index >= 15 is 0 Å². The quantitative estimate of drug-likeness (QED) is 0.0605. The average molecular weight is 582 g/mol. The van der Waals surface area contributed by atoms with E-state index in [1.807, 2.05) is 25.0 Å². The molecular formula is C10H20N4S10Zn. The van der Waals surface area contributed by atoms with E-state index in [0.717, 1.165) is 0 Å². The first kappa shape index (κ1) is 34.8. The minimum absolute atomic E-state index is 0. The summed E-state index contributed by atoms with van der Waals surface area (Å²) in [5.74, 6) is 0. The van der Waals surface area contributed by atoms with Gasteiger partial charge in [0, 0.05) is 13.1 Å². The van der Waals surface area contributed by atoms with Gasteiger partial charge >= 0.3 is 19.5 Å². The second-order valence-electron chi connectivity index (χ2n) is 2.89. The first-order valence-corrected chi connectivity index (χ1v) is 13.0. The van der Waals surface area contributed by atoms with Gasteiger partial charge in [-0.1, -0.05) is 72.2 Å². The van der Waals surface area contributed by atoms with Gasteiger partial charge in [-0.2, -0.15) is 0 Å². The van der Waals surface area contributed by atoms with Crippen LogP contribution in [0.4, 0.5) is 0 Å². The van der Waals surface area contributed by atoms with Crippen LogP contribution >= 0.6 is 122 Å². The summed E-state index contributed by atoms with van der Waals surface area (Å²) in [6.45, 7) is 1.42. The molecule has 142 valence electrons. The molecule has 25 heavy (non-hydrogen) atoms. The molecule has 0 spiro atoms. The third-order valence-electron chi connectivity index (χ3n) is 1.49. The fourth-order valence-electron chi connectivity index (χ4n) is 0.637. The second kappa shape index (κ2) is 28.5. The number of nitrogens with one attached hydrogen (secondary N) is 2. The fourth-order valence-corrected chi connectivity index (χ4v) is 3.45. The third-order valence-corrected chi connectivity index (χ3v) is 6.40. The number of nitrogens with zero attached hydrogens (tertiary/aromatic N) is 2. The molecule has 0 saturated heterocycles. The summed E-state index contributed by atoms with van der Waals surface area (Å²) in [5, 5.41) is 5.68. The second-order valence-corrected chi connectivity index (χ2v) is 8.96. The van der Waals surface area contributed by atoms with Crippen molar-refractivity contribution in [1.29, 1.82) is 0 Å². The van der Waals surface area contributed by atoms with Crippen molar-refractivity contribution >= 4 is 142 Å². The number of hydrogen-bond donors (Lipinski definition) is 4. The van der Waals surface area contributed by atoms with E-state index < -0.39 is 0 Å². The summed E-state index contributed by atoms with van der Waals surface area (Å²) in [6.07, 6.45) is 7.82. The zero-order valence-electron chi connectivity index (χ0n) is 14.2. The summed E-state index contributed by atoms with van der Waals surface area (Å²) in [6, 6.07) is 0. The molecule has 0 bridgehead atoms. The van der Waals surface area contributed by atoms with Gasteiger partial charge in [-0.05, 0) is 25.0 Å². The Balaban J connectivity index is -0.000000133. The van der Waals surface area contributed by atoms with Crippen LogP contribution < -0.4 is 10.6 Å². The third kappa shape index (κ3) is 34.2. The van der Waals surface area contributed by atoms with E-state index in [0.29, 0.717) is 21.7 Å². The summed E-state index contributed by atoms with van der Waals surface area (Å²) in [4.78, 5) is 0. The molecule has 0 heterocycles. The van der Waals surface area contributed by atoms with Gasteiger partial charge in [0.1, 0.15) is 8.64 Å². The molecule has 0 saturated carbocycles. The minimum Gasteiger partial charge on any atom is -0.436 e. The average Bonchev–Trinajstić information content (AvgIpc) is 2.56. The summed E-state index contributed by atoms with van der Waals surface area (Å²) in [5.41, 5.74) is 5.09. The molecule has 0 radical (unpaired) electrons. The molecule has 0 aromatic carbocycles. The van der Waals surface area contributed by atoms with Gasteiger partial charge in [0.05, 0.1) is 0 Å². The maximum Gasteiger partial charge on any atom is 2.00 e. The molecule has 0 aliphatic carbocycles. The molecular weight excluding hydrogens is 562 g/mol. The molecule has 0 atom stereocenters. The predicted molar refractivity (Wildman–Crippen MR) is 142 cm³/mol. The van der Waals surface area contributed by atoms with Crippen LogP contribution in [0.3, 0.4) is 0 Å². The fraction of sp³-hybridized carbons (Fsp3) is 0.600. The zero-order chi connectivity index (χ0) is 19.4. The van der Waals surface area contributed by atoms with E-state index in [9.17, 15) is 0 Å². The first-order valence-electron chi connectivity index (χ1n) is 5.78. The Morgan fingerprint density at radius 1 is 0.800 bits per heavy atom. The number of thiocarbonyl (C=S) groups is 4. The Hall–Kier alpha value is 2.28. The van der Waals surface area contributed by atoms with E-state index in [2.05, 4.69) is 95.7 Å². The zero-order valence-corrected chi connectivity index (χ0v) is 25.5. The molecule has 0 aliphatic heterocycles. The number of hydrogen-bond acceptors (Lipinski definition) is 8. The Morgan fingerprint density at radius 2 is 1.04 bits per heavy atom. The van der Waals surface area contributed by atoms with Gasteiger partial charge in [-0.3, -0.25) is 11.0 Å². The van der Waals surface area contributed by atoms with Crippen molar-refractivity contribution in [1.82, 2.24) is 18.1 Å². The van der Waals surface area contributed by atoms with Crippen molar-refractivity contribution in [3.63, 3.8) is 0 Å². The van der Waals surface area contributed by atoms with Gasteiger partial charge in [0.25, 0.3) is 0 Å². The van der Waals surface area contributed by atoms with Gasteiger partial charge in [0.2, 0.25) is 0 Å². The number of thiol groups is 2. The maximum atomic E-state index is 4.65. The molecule has 4 nitrogen and oxygen atoms in total. The molecule has 0 aromatic rings. The summed E-state index contributed by atoms with van der Waals surface area (Å²) in [7, 11) is 0. The molecule has 0 fully saturated rings. The molecule has 0 amide bonds. The Labute approximate surface area is 214 Å². The maximum absolute atomic E-state index is 4.65.